The summed E-state index contributed by atoms with van der Waals surface area (Å²) in [6.45, 7) is 9.39. The summed E-state index contributed by atoms with van der Waals surface area (Å²) in [5, 5.41) is 16.5. The Labute approximate surface area is 188 Å². The second-order valence-electron chi connectivity index (χ2n) is 9.35. The highest BCUT2D eigenvalue weighted by Crippen LogP contribution is 2.39. The fourth-order valence-electron chi connectivity index (χ4n) is 3.10. The van der Waals surface area contributed by atoms with Gasteiger partial charge in [-0.2, -0.15) is 0 Å². The van der Waals surface area contributed by atoms with Crippen LogP contribution in [0.4, 0.5) is 0 Å². The predicted molar refractivity (Wildman–Crippen MR) is 120 cm³/mol. The van der Waals surface area contributed by atoms with Crippen LogP contribution in [-0.4, -0.2) is 31.5 Å². The first-order valence-electron chi connectivity index (χ1n) is 9.88. The van der Waals surface area contributed by atoms with Gasteiger partial charge in [0.25, 0.3) is 5.69 Å². The molecule has 0 saturated heterocycles. The molecule has 0 radical (unpaired) electrons. The van der Waals surface area contributed by atoms with E-state index < -0.39 is 29.2 Å². The van der Waals surface area contributed by atoms with Crippen LogP contribution in [0.2, 0.25) is 0 Å². The minimum atomic E-state index is -3.85. The van der Waals surface area contributed by atoms with Crippen molar-refractivity contribution in [2.75, 3.05) is 0 Å². The third-order valence-electron chi connectivity index (χ3n) is 5.09. The first-order valence-corrected chi connectivity index (χ1v) is 12.8. The second kappa shape index (κ2) is 7.70. The lowest BCUT2D eigenvalue weighted by atomic mass is 10.0. The lowest BCUT2D eigenvalue weighted by Crippen LogP contribution is -2.30. The van der Waals surface area contributed by atoms with Crippen molar-refractivity contribution < 1.29 is 26.4 Å². The van der Waals surface area contributed by atoms with Gasteiger partial charge in [-0.05, 0) is 70.7 Å². The maximum atomic E-state index is 13.2. The van der Waals surface area contributed by atoms with Crippen molar-refractivity contribution in [3.8, 4) is 22.5 Å². The molecule has 3 aromatic rings. The normalized spacial score (nSPS) is 13.3. The number of benzene rings is 2. The van der Waals surface area contributed by atoms with Crippen LogP contribution in [0, 0.1) is 5.21 Å². The molecule has 0 aliphatic heterocycles. The highest BCUT2D eigenvalue weighted by Gasteiger charge is 2.39. The molecule has 0 aliphatic carbocycles. The monoisotopic (exact) mass is 478 g/mol. The highest BCUT2D eigenvalue weighted by molar-refractivity contribution is 7.93. The van der Waals surface area contributed by atoms with E-state index >= 15 is 0 Å². The van der Waals surface area contributed by atoms with Gasteiger partial charge in [0.05, 0.1) is 24.8 Å². The Morgan fingerprint density at radius 1 is 0.750 bits per heavy atom. The Kier molecular flexibility index (Phi) is 5.76. The number of aromatic nitrogens is 2. The molecule has 0 unspecified atom stereocenters. The van der Waals surface area contributed by atoms with Crippen molar-refractivity contribution in [1.82, 2.24) is 5.16 Å². The summed E-state index contributed by atoms with van der Waals surface area (Å²) in [5.74, 6) is 0. The maximum Gasteiger partial charge on any atom is 0.257 e. The topological polar surface area (TPSA) is 121 Å². The molecule has 0 fully saturated rings. The Bertz CT molecular complexity index is 1380. The summed E-state index contributed by atoms with van der Waals surface area (Å²) in [7, 11) is -7.67. The summed E-state index contributed by atoms with van der Waals surface area (Å²) in [6, 6.07) is 12.2. The molecular weight excluding hydrogens is 452 g/mol. The molecule has 10 heteroatoms. The maximum absolute atomic E-state index is 13.2. The summed E-state index contributed by atoms with van der Waals surface area (Å²) < 4.78 is 55.5. The van der Waals surface area contributed by atoms with Gasteiger partial charge >= 0.3 is 0 Å². The first-order chi connectivity index (χ1) is 14.6. The van der Waals surface area contributed by atoms with Gasteiger partial charge in [-0.25, -0.2) is 16.8 Å². The van der Waals surface area contributed by atoms with Gasteiger partial charge in [-0.1, -0.05) is 24.3 Å². The minimum absolute atomic E-state index is 0.0289. The molecule has 2 aromatic carbocycles. The molecule has 1 heterocycles. The van der Waals surface area contributed by atoms with Gasteiger partial charge in [0.2, 0.25) is 5.69 Å². The van der Waals surface area contributed by atoms with E-state index in [0.29, 0.717) is 0 Å². The molecule has 3 rings (SSSR count). The van der Waals surface area contributed by atoms with Crippen LogP contribution in [0.25, 0.3) is 22.5 Å². The molecule has 0 N–H and O–H groups in total. The molecule has 0 bridgehead atoms. The van der Waals surface area contributed by atoms with E-state index in [1.54, 1.807) is 65.8 Å². The molecule has 0 spiro atoms. The van der Waals surface area contributed by atoms with Crippen molar-refractivity contribution in [2.24, 2.45) is 0 Å². The number of rotatable bonds is 4. The molecule has 1 aromatic heterocycles. The number of hydrogen-bond acceptors (Lipinski definition) is 7. The molecule has 0 aliphatic rings. The zero-order chi connectivity index (χ0) is 24.1. The van der Waals surface area contributed by atoms with Gasteiger partial charge in [0.15, 0.2) is 19.7 Å². The highest BCUT2D eigenvalue weighted by atomic mass is 32.2. The molecule has 0 atom stereocenters. The Morgan fingerprint density at radius 3 is 1.62 bits per heavy atom. The zero-order valence-corrected chi connectivity index (χ0v) is 20.4. The Hall–Kier alpha value is -2.72. The summed E-state index contributed by atoms with van der Waals surface area (Å²) in [5.41, 5.74) is 0.000313. The lowest BCUT2D eigenvalue weighted by Gasteiger charge is -2.21. The van der Waals surface area contributed by atoms with Gasteiger partial charge in [-0.3, -0.25) is 4.63 Å². The van der Waals surface area contributed by atoms with E-state index in [2.05, 4.69) is 5.16 Å². The van der Waals surface area contributed by atoms with Crippen LogP contribution >= 0.6 is 0 Å². The average molecular weight is 479 g/mol. The van der Waals surface area contributed by atoms with Gasteiger partial charge in [0, 0.05) is 10.7 Å². The van der Waals surface area contributed by atoms with Crippen LogP contribution in [0.15, 0.2) is 63.0 Å². The fraction of sp³-hybridized carbons (Fsp3) is 0.364. The molecule has 8 nitrogen and oxygen atoms in total. The van der Waals surface area contributed by atoms with Gasteiger partial charge < -0.3 is 5.21 Å². The van der Waals surface area contributed by atoms with E-state index in [4.69, 9.17) is 4.63 Å². The van der Waals surface area contributed by atoms with Gasteiger partial charge in [0.1, 0.15) is 0 Å². The van der Waals surface area contributed by atoms with Crippen molar-refractivity contribution in [2.45, 2.75) is 60.8 Å². The summed E-state index contributed by atoms with van der Waals surface area (Å²) >= 11 is 0. The Morgan fingerprint density at radius 2 is 1.16 bits per heavy atom. The van der Waals surface area contributed by atoms with Crippen molar-refractivity contribution in [3.05, 3.63) is 53.7 Å². The van der Waals surface area contributed by atoms with Crippen molar-refractivity contribution in [1.29, 1.82) is 0 Å². The van der Waals surface area contributed by atoms with Crippen LogP contribution in [-0.2, 0) is 19.7 Å². The lowest BCUT2D eigenvalue weighted by molar-refractivity contribution is -0.793. The number of sulfone groups is 2. The second-order valence-corrected chi connectivity index (χ2v) is 14.7. The van der Waals surface area contributed by atoms with Crippen LogP contribution in [0.5, 0.6) is 0 Å². The van der Waals surface area contributed by atoms with Crippen LogP contribution in [0.1, 0.15) is 41.5 Å². The van der Waals surface area contributed by atoms with Crippen molar-refractivity contribution in [3.63, 3.8) is 0 Å². The SMILES string of the molecule is CC(C)(C)S(=O)(=O)c1ccccc1-c1no[n+]([O-])c1-c1ccccc1S(=O)(=O)C(C)(C)C. The molecule has 0 amide bonds. The van der Waals surface area contributed by atoms with Gasteiger partial charge in [-0.15, -0.1) is 0 Å². The van der Waals surface area contributed by atoms with Crippen molar-refractivity contribution >= 4 is 19.7 Å². The van der Waals surface area contributed by atoms with Crippen LogP contribution < -0.4 is 4.90 Å². The largest absolute Gasteiger partial charge is 0.359 e. The van der Waals surface area contributed by atoms with E-state index in [1.807, 2.05) is 0 Å². The smallest absolute Gasteiger partial charge is 0.257 e. The fourth-order valence-corrected chi connectivity index (χ4v) is 5.85. The molecule has 32 heavy (non-hydrogen) atoms. The third kappa shape index (κ3) is 3.81. The Balaban J connectivity index is 2.37. The zero-order valence-electron chi connectivity index (χ0n) is 18.8. The van der Waals surface area contributed by atoms with Crippen LogP contribution in [0.3, 0.4) is 0 Å². The average Bonchev–Trinajstić information content (AvgIpc) is 3.07. The molecule has 172 valence electrons. The molecule has 0 saturated carbocycles. The number of nitrogens with zero attached hydrogens (tertiary/aromatic N) is 2. The van der Waals surface area contributed by atoms with E-state index in [0.717, 1.165) is 0 Å². The minimum Gasteiger partial charge on any atom is -0.359 e. The quantitative estimate of drug-likeness (QED) is 0.523. The standard InChI is InChI=1S/C22H26N2O6S2/c1-21(2,3)31(26,27)17-13-9-7-11-15(17)19-20(24(25)30-23-19)16-12-8-10-14-18(16)32(28,29)22(4,5)6/h7-14H,1-6H3. The number of hydrogen-bond donors (Lipinski definition) is 0. The van der Waals surface area contributed by atoms with E-state index in [1.165, 1.54) is 24.3 Å². The third-order valence-corrected chi connectivity index (χ3v) is 10.2. The summed E-state index contributed by atoms with van der Waals surface area (Å²) in [4.78, 5) is 0.00356. The predicted octanol–water partition coefficient (Wildman–Crippen LogP) is 3.79. The first kappa shape index (κ1) is 23.9. The molecular formula is C22H26N2O6S2. The van der Waals surface area contributed by atoms with E-state index in [9.17, 15) is 22.0 Å². The summed E-state index contributed by atoms with van der Waals surface area (Å²) in [6.07, 6.45) is 0. The van der Waals surface area contributed by atoms with E-state index in [-0.39, 0.29) is 37.2 Å².